The molecule has 0 spiro atoms. The van der Waals surface area contributed by atoms with Crippen molar-refractivity contribution in [2.45, 2.75) is 13.5 Å². The molecule has 0 saturated heterocycles. The van der Waals surface area contributed by atoms with Crippen molar-refractivity contribution in [1.29, 1.82) is 0 Å². The predicted molar refractivity (Wildman–Crippen MR) is 126 cm³/mol. The van der Waals surface area contributed by atoms with Crippen LogP contribution in [0.5, 0.6) is 5.75 Å². The predicted octanol–water partition coefficient (Wildman–Crippen LogP) is 2.78. The SMILES string of the molecule is Cc1ccc(NC(=O)C(=O)N/N=C\c2ccccc2OCC(=O)NCc2ccccc2)cc1. The first-order valence-electron chi connectivity index (χ1n) is 10.2. The summed E-state index contributed by atoms with van der Waals surface area (Å²) in [6, 6.07) is 23.5. The van der Waals surface area contributed by atoms with Crippen LogP contribution < -0.4 is 20.8 Å². The molecule has 0 aromatic heterocycles. The van der Waals surface area contributed by atoms with Gasteiger partial charge in [0.1, 0.15) is 5.75 Å². The lowest BCUT2D eigenvalue weighted by Gasteiger charge is -2.09. The number of aryl methyl sites for hydroxylation is 1. The van der Waals surface area contributed by atoms with E-state index in [2.05, 4.69) is 21.2 Å². The van der Waals surface area contributed by atoms with E-state index < -0.39 is 11.8 Å². The van der Waals surface area contributed by atoms with Crippen LogP contribution in [0.3, 0.4) is 0 Å². The topological polar surface area (TPSA) is 109 Å². The maximum absolute atomic E-state index is 12.1. The minimum atomic E-state index is -0.912. The highest BCUT2D eigenvalue weighted by Crippen LogP contribution is 2.15. The lowest BCUT2D eigenvalue weighted by molar-refractivity contribution is -0.136. The molecule has 8 heteroatoms. The molecule has 8 nitrogen and oxygen atoms in total. The molecule has 0 heterocycles. The van der Waals surface area contributed by atoms with Crippen LogP contribution in [-0.4, -0.2) is 30.5 Å². The fraction of sp³-hybridized carbons (Fsp3) is 0.120. The van der Waals surface area contributed by atoms with Crippen LogP contribution >= 0.6 is 0 Å². The first kappa shape index (κ1) is 23.2. The summed E-state index contributed by atoms with van der Waals surface area (Å²) in [6.07, 6.45) is 1.34. The first-order valence-corrected chi connectivity index (χ1v) is 10.2. The third kappa shape index (κ3) is 7.62. The molecule has 3 aromatic rings. The Morgan fingerprint density at radius 2 is 1.58 bits per heavy atom. The highest BCUT2D eigenvalue weighted by atomic mass is 16.5. The van der Waals surface area contributed by atoms with Gasteiger partial charge in [0, 0.05) is 17.8 Å². The quantitative estimate of drug-likeness (QED) is 0.282. The summed E-state index contributed by atoms with van der Waals surface area (Å²) in [5.74, 6) is -1.61. The Labute approximate surface area is 191 Å². The van der Waals surface area contributed by atoms with Crippen molar-refractivity contribution in [3.63, 3.8) is 0 Å². The van der Waals surface area contributed by atoms with Gasteiger partial charge in [-0.1, -0.05) is 60.2 Å². The molecule has 33 heavy (non-hydrogen) atoms. The van der Waals surface area contributed by atoms with Crippen LogP contribution in [0.2, 0.25) is 0 Å². The molecule has 0 fully saturated rings. The molecule has 0 bridgehead atoms. The number of hydrazone groups is 1. The average Bonchev–Trinajstić information content (AvgIpc) is 2.84. The van der Waals surface area contributed by atoms with Crippen LogP contribution in [0.15, 0.2) is 84.0 Å². The van der Waals surface area contributed by atoms with E-state index in [1.807, 2.05) is 49.4 Å². The summed E-state index contributed by atoms with van der Waals surface area (Å²) >= 11 is 0. The number of para-hydroxylation sites is 1. The third-order valence-electron chi connectivity index (χ3n) is 4.50. The van der Waals surface area contributed by atoms with Crippen molar-refractivity contribution in [3.05, 3.63) is 95.6 Å². The van der Waals surface area contributed by atoms with Crippen molar-refractivity contribution >= 4 is 29.6 Å². The number of nitrogens with zero attached hydrogens (tertiary/aromatic N) is 1. The molecule has 3 N–H and O–H groups in total. The van der Waals surface area contributed by atoms with Gasteiger partial charge in [0.2, 0.25) is 0 Å². The van der Waals surface area contributed by atoms with Gasteiger partial charge in [-0.25, -0.2) is 5.43 Å². The van der Waals surface area contributed by atoms with E-state index in [-0.39, 0.29) is 12.5 Å². The van der Waals surface area contributed by atoms with E-state index >= 15 is 0 Å². The molecule has 3 aromatic carbocycles. The zero-order valence-electron chi connectivity index (χ0n) is 18.1. The highest BCUT2D eigenvalue weighted by molar-refractivity contribution is 6.39. The Morgan fingerprint density at radius 1 is 0.879 bits per heavy atom. The number of nitrogens with one attached hydrogen (secondary N) is 3. The van der Waals surface area contributed by atoms with E-state index in [1.165, 1.54) is 6.21 Å². The molecule has 0 unspecified atom stereocenters. The molecule has 0 aliphatic carbocycles. The second-order valence-electron chi connectivity index (χ2n) is 7.11. The van der Waals surface area contributed by atoms with Crippen LogP contribution in [-0.2, 0) is 20.9 Å². The first-order chi connectivity index (χ1) is 16.0. The fourth-order valence-electron chi connectivity index (χ4n) is 2.75. The Balaban J connectivity index is 1.48. The van der Waals surface area contributed by atoms with Gasteiger partial charge >= 0.3 is 11.8 Å². The lowest BCUT2D eigenvalue weighted by atomic mass is 10.2. The molecule has 3 rings (SSSR count). The van der Waals surface area contributed by atoms with E-state index in [0.29, 0.717) is 23.5 Å². The van der Waals surface area contributed by atoms with E-state index in [9.17, 15) is 14.4 Å². The maximum atomic E-state index is 12.1. The zero-order valence-corrected chi connectivity index (χ0v) is 18.1. The van der Waals surface area contributed by atoms with Crippen LogP contribution in [0, 0.1) is 6.92 Å². The monoisotopic (exact) mass is 444 g/mol. The number of carbonyl (C=O) groups excluding carboxylic acids is 3. The van der Waals surface area contributed by atoms with Gasteiger partial charge in [0.15, 0.2) is 6.61 Å². The van der Waals surface area contributed by atoms with E-state index in [1.54, 1.807) is 36.4 Å². The fourth-order valence-corrected chi connectivity index (χ4v) is 2.75. The van der Waals surface area contributed by atoms with Crippen molar-refractivity contribution in [2.75, 3.05) is 11.9 Å². The largest absolute Gasteiger partial charge is 0.483 e. The number of hydrogen-bond acceptors (Lipinski definition) is 5. The van der Waals surface area contributed by atoms with Gasteiger partial charge < -0.3 is 15.4 Å². The van der Waals surface area contributed by atoms with Gasteiger partial charge in [-0.05, 0) is 36.8 Å². The molecule has 0 radical (unpaired) electrons. The van der Waals surface area contributed by atoms with Crippen LogP contribution in [0.1, 0.15) is 16.7 Å². The summed E-state index contributed by atoms with van der Waals surface area (Å²) in [5.41, 5.74) is 5.25. The summed E-state index contributed by atoms with van der Waals surface area (Å²) in [4.78, 5) is 36.0. The summed E-state index contributed by atoms with van der Waals surface area (Å²) in [5, 5.41) is 9.09. The minimum Gasteiger partial charge on any atom is -0.483 e. The Morgan fingerprint density at radius 3 is 2.33 bits per heavy atom. The standard InChI is InChI=1S/C25H24N4O4/c1-18-11-13-21(14-12-18)28-24(31)25(32)29-27-16-20-9-5-6-10-22(20)33-17-23(30)26-15-19-7-3-2-4-8-19/h2-14,16H,15,17H2,1H3,(H,26,30)(H,28,31)(H,29,32)/b27-16-. The third-order valence-corrected chi connectivity index (χ3v) is 4.50. The normalized spacial score (nSPS) is 10.5. The van der Waals surface area contributed by atoms with Crippen molar-refractivity contribution in [1.82, 2.24) is 10.7 Å². The van der Waals surface area contributed by atoms with Gasteiger partial charge in [0.25, 0.3) is 5.91 Å². The van der Waals surface area contributed by atoms with Crippen molar-refractivity contribution < 1.29 is 19.1 Å². The van der Waals surface area contributed by atoms with E-state index in [4.69, 9.17) is 4.74 Å². The zero-order chi connectivity index (χ0) is 23.5. The van der Waals surface area contributed by atoms with Gasteiger partial charge in [-0.2, -0.15) is 5.10 Å². The Kier molecular flexibility index (Phi) is 8.30. The number of benzene rings is 3. The van der Waals surface area contributed by atoms with Gasteiger partial charge in [-0.3, -0.25) is 14.4 Å². The second kappa shape index (κ2) is 11.8. The Hall–Kier alpha value is -4.46. The second-order valence-corrected chi connectivity index (χ2v) is 7.11. The molecular formula is C25H24N4O4. The molecule has 0 aliphatic heterocycles. The molecule has 0 saturated carbocycles. The number of rotatable bonds is 8. The molecule has 168 valence electrons. The van der Waals surface area contributed by atoms with E-state index in [0.717, 1.165) is 11.1 Å². The number of anilines is 1. The van der Waals surface area contributed by atoms with Gasteiger partial charge in [0.05, 0.1) is 6.21 Å². The highest BCUT2D eigenvalue weighted by Gasteiger charge is 2.13. The average molecular weight is 444 g/mol. The number of hydrogen-bond donors (Lipinski definition) is 3. The maximum Gasteiger partial charge on any atom is 0.329 e. The van der Waals surface area contributed by atoms with Crippen LogP contribution in [0.4, 0.5) is 5.69 Å². The smallest absolute Gasteiger partial charge is 0.329 e. The summed E-state index contributed by atoms with van der Waals surface area (Å²) in [6.45, 7) is 2.15. The lowest BCUT2D eigenvalue weighted by Crippen LogP contribution is -2.32. The molecular weight excluding hydrogens is 420 g/mol. The Bertz CT molecular complexity index is 1130. The molecule has 0 atom stereocenters. The molecule has 3 amide bonds. The van der Waals surface area contributed by atoms with Crippen LogP contribution in [0.25, 0.3) is 0 Å². The van der Waals surface area contributed by atoms with Crippen molar-refractivity contribution in [2.24, 2.45) is 5.10 Å². The number of amides is 3. The van der Waals surface area contributed by atoms with Crippen molar-refractivity contribution in [3.8, 4) is 5.75 Å². The molecule has 0 aliphatic rings. The summed E-state index contributed by atoms with van der Waals surface area (Å²) in [7, 11) is 0. The van der Waals surface area contributed by atoms with Gasteiger partial charge in [-0.15, -0.1) is 0 Å². The summed E-state index contributed by atoms with van der Waals surface area (Å²) < 4.78 is 5.59. The number of ether oxygens (including phenoxy) is 1. The minimum absolute atomic E-state index is 0.178. The number of carbonyl (C=O) groups is 3.